The van der Waals surface area contributed by atoms with E-state index in [9.17, 15) is 4.79 Å². The largest absolute Gasteiger partial charge is 0.394 e. The van der Waals surface area contributed by atoms with E-state index in [0.29, 0.717) is 10.0 Å². The van der Waals surface area contributed by atoms with E-state index >= 15 is 0 Å². The third-order valence-electron chi connectivity index (χ3n) is 2.92. The van der Waals surface area contributed by atoms with Crippen LogP contribution >= 0.6 is 23.2 Å². The van der Waals surface area contributed by atoms with E-state index in [4.69, 9.17) is 28.3 Å². The lowest BCUT2D eigenvalue weighted by atomic mass is 10.3. The van der Waals surface area contributed by atoms with Gasteiger partial charge in [-0.3, -0.25) is 4.79 Å². The van der Waals surface area contributed by atoms with Crippen molar-refractivity contribution in [3.63, 3.8) is 0 Å². The van der Waals surface area contributed by atoms with Gasteiger partial charge in [0.25, 0.3) is 5.91 Å². The van der Waals surface area contributed by atoms with E-state index in [1.54, 1.807) is 35.9 Å². The van der Waals surface area contributed by atoms with Crippen LogP contribution in [0.5, 0.6) is 0 Å². The Labute approximate surface area is 132 Å². The molecule has 0 saturated heterocycles. The molecular weight excluding hydrogens is 313 g/mol. The Bertz CT molecular complexity index is 670. The molecule has 0 aliphatic carbocycles. The van der Waals surface area contributed by atoms with Crippen LogP contribution in [0.3, 0.4) is 0 Å². The van der Waals surface area contributed by atoms with Crippen LogP contribution in [-0.2, 0) is 0 Å². The number of carbonyl (C=O) groups is 1. The van der Waals surface area contributed by atoms with Gasteiger partial charge < -0.3 is 10.4 Å². The molecule has 1 amide bonds. The smallest absolute Gasteiger partial charge is 0.272 e. The molecule has 2 N–H and O–H groups in total. The van der Waals surface area contributed by atoms with Crippen LogP contribution in [0.15, 0.2) is 24.3 Å². The number of nitrogens with zero attached hydrogens (tertiary/aromatic N) is 2. The molecule has 2 aromatic rings. The van der Waals surface area contributed by atoms with Gasteiger partial charge in [0.15, 0.2) is 5.69 Å². The van der Waals surface area contributed by atoms with Crippen molar-refractivity contribution in [1.29, 1.82) is 0 Å². The van der Waals surface area contributed by atoms with Gasteiger partial charge in [0.1, 0.15) is 0 Å². The van der Waals surface area contributed by atoms with Crippen LogP contribution in [0.4, 0.5) is 0 Å². The predicted octanol–water partition coefficient (Wildman–Crippen LogP) is 2.60. The van der Waals surface area contributed by atoms with Crippen molar-refractivity contribution >= 4 is 29.1 Å². The normalized spacial score (nSPS) is 12.2. The summed E-state index contributed by atoms with van der Waals surface area (Å²) in [7, 11) is 0. The van der Waals surface area contributed by atoms with E-state index in [-0.39, 0.29) is 24.2 Å². The summed E-state index contributed by atoms with van der Waals surface area (Å²) in [6.07, 6.45) is 0. The number of amides is 1. The van der Waals surface area contributed by atoms with Crippen LogP contribution in [0.2, 0.25) is 10.0 Å². The highest BCUT2D eigenvalue weighted by atomic mass is 35.5. The Morgan fingerprint density at radius 3 is 2.71 bits per heavy atom. The quantitative estimate of drug-likeness (QED) is 0.907. The number of aliphatic hydroxyl groups excluding tert-OH is 1. The topological polar surface area (TPSA) is 67.2 Å². The molecule has 0 radical (unpaired) electrons. The lowest BCUT2D eigenvalue weighted by molar-refractivity contribution is 0.0917. The van der Waals surface area contributed by atoms with Gasteiger partial charge in [-0.2, -0.15) is 5.10 Å². The SMILES string of the molecule is Cc1cc(C(=O)N[C@@H](C)CO)nn1-c1ccc(Cl)c(Cl)c1. The summed E-state index contributed by atoms with van der Waals surface area (Å²) in [5.74, 6) is -0.335. The number of hydrogen-bond acceptors (Lipinski definition) is 3. The van der Waals surface area contributed by atoms with E-state index in [1.165, 1.54) is 0 Å². The van der Waals surface area contributed by atoms with Crippen molar-refractivity contribution < 1.29 is 9.90 Å². The van der Waals surface area contributed by atoms with Gasteiger partial charge in [0.2, 0.25) is 0 Å². The fourth-order valence-electron chi connectivity index (χ4n) is 1.81. The first kappa shape index (κ1) is 15.8. The first-order valence-corrected chi connectivity index (χ1v) is 7.11. The minimum absolute atomic E-state index is 0.127. The molecule has 7 heteroatoms. The molecular formula is C14H15Cl2N3O2. The van der Waals surface area contributed by atoms with Crippen LogP contribution in [-0.4, -0.2) is 33.4 Å². The van der Waals surface area contributed by atoms with E-state index in [0.717, 1.165) is 11.4 Å². The van der Waals surface area contributed by atoms with Crippen molar-refractivity contribution in [2.45, 2.75) is 19.9 Å². The maximum atomic E-state index is 12.0. The monoisotopic (exact) mass is 327 g/mol. The number of rotatable bonds is 4. The molecule has 1 aromatic carbocycles. The fraction of sp³-hybridized carbons (Fsp3) is 0.286. The lowest BCUT2D eigenvalue weighted by Crippen LogP contribution is -2.35. The van der Waals surface area contributed by atoms with Crippen molar-refractivity contribution in [1.82, 2.24) is 15.1 Å². The van der Waals surface area contributed by atoms with E-state index < -0.39 is 0 Å². The first-order chi connectivity index (χ1) is 9.92. The summed E-state index contributed by atoms with van der Waals surface area (Å²) in [5, 5.41) is 16.7. The Morgan fingerprint density at radius 1 is 1.38 bits per heavy atom. The molecule has 1 aromatic heterocycles. The molecule has 0 spiro atoms. The van der Waals surface area contributed by atoms with Gasteiger partial charge in [-0.15, -0.1) is 0 Å². The highest BCUT2D eigenvalue weighted by Gasteiger charge is 2.15. The average Bonchev–Trinajstić information content (AvgIpc) is 2.84. The van der Waals surface area contributed by atoms with Gasteiger partial charge in [-0.1, -0.05) is 23.2 Å². The van der Waals surface area contributed by atoms with E-state index in [2.05, 4.69) is 10.4 Å². The number of nitrogens with one attached hydrogen (secondary N) is 1. The molecule has 5 nitrogen and oxygen atoms in total. The average molecular weight is 328 g/mol. The Hall–Kier alpha value is -1.56. The number of hydrogen-bond donors (Lipinski definition) is 2. The van der Waals surface area contributed by atoms with E-state index in [1.807, 2.05) is 6.92 Å². The van der Waals surface area contributed by atoms with Gasteiger partial charge in [-0.05, 0) is 38.1 Å². The van der Waals surface area contributed by atoms with Gasteiger partial charge in [-0.25, -0.2) is 4.68 Å². The fourth-order valence-corrected chi connectivity index (χ4v) is 2.10. The third kappa shape index (κ3) is 3.56. The molecule has 0 aliphatic heterocycles. The molecule has 0 saturated carbocycles. The second kappa shape index (κ2) is 6.47. The number of aliphatic hydroxyl groups is 1. The molecule has 1 heterocycles. The molecule has 0 aliphatic rings. The van der Waals surface area contributed by atoms with Crippen LogP contribution in [0, 0.1) is 6.92 Å². The lowest BCUT2D eigenvalue weighted by Gasteiger charge is -2.08. The summed E-state index contributed by atoms with van der Waals surface area (Å²) in [5.41, 5.74) is 1.78. The molecule has 0 fully saturated rings. The molecule has 0 bridgehead atoms. The minimum atomic E-state index is -0.335. The number of aryl methyl sites for hydroxylation is 1. The Balaban J connectivity index is 2.30. The summed E-state index contributed by atoms with van der Waals surface area (Å²) in [4.78, 5) is 12.0. The van der Waals surface area contributed by atoms with Crippen molar-refractivity contribution in [3.8, 4) is 5.69 Å². The number of halogens is 2. The maximum Gasteiger partial charge on any atom is 0.272 e. The van der Waals surface area contributed by atoms with Crippen molar-refractivity contribution in [2.75, 3.05) is 6.61 Å². The number of aromatic nitrogens is 2. The number of benzene rings is 1. The summed E-state index contributed by atoms with van der Waals surface area (Å²) < 4.78 is 1.61. The zero-order valence-electron chi connectivity index (χ0n) is 11.6. The highest BCUT2D eigenvalue weighted by Crippen LogP contribution is 2.25. The third-order valence-corrected chi connectivity index (χ3v) is 3.66. The van der Waals surface area contributed by atoms with Gasteiger partial charge in [0, 0.05) is 11.7 Å². The maximum absolute atomic E-state index is 12.0. The zero-order chi connectivity index (χ0) is 15.6. The second-order valence-corrected chi connectivity index (χ2v) is 5.55. The molecule has 112 valence electrons. The highest BCUT2D eigenvalue weighted by molar-refractivity contribution is 6.42. The van der Waals surface area contributed by atoms with Gasteiger partial charge >= 0.3 is 0 Å². The van der Waals surface area contributed by atoms with Crippen molar-refractivity contribution in [3.05, 3.63) is 45.7 Å². The van der Waals surface area contributed by atoms with Gasteiger partial charge in [0.05, 0.1) is 22.3 Å². The molecule has 1 atom stereocenters. The Morgan fingerprint density at radius 2 is 2.10 bits per heavy atom. The zero-order valence-corrected chi connectivity index (χ0v) is 13.1. The molecule has 21 heavy (non-hydrogen) atoms. The molecule has 0 unspecified atom stereocenters. The predicted molar refractivity (Wildman–Crippen MR) is 82.3 cm³/mol. The standard InChI is InChI=1S/C14H15Cl2N3O2/c1-8(7-20)17-14(21)13-5-9(2)19(18-13)10-3-4-11(15)12(16)6-10/h3-6,8,20H,7H2,1-2H3,(H,17,21)/t8-/m0/s1. The van der Waals surface area contributed by atoms with Crippen LogP contribution in [0.25, 0.3) is 5.69 Å². The van der Waals surface area contributed by atoms with Crippen molar-refractivity contribution in [2.24, 2.45) is 0 Å². The molecule has 2 rings (SSSR count). The van der Waals surface area contributed by atoms with Crippen LogP contribution in [0.1, 0.15) is 23.1 Å². The second-order valence-electron chi connectivity index (χ2n) is 4.74. The Kier molecular flexibility index (Phi) is 4.88. The number of carbonyl (C=O) groups excluding carboxylic acids is 1. The first-order valence-electron chi connectivity index (χ1n) is 6.36. The summed E-state index contributed by atoms with van der Waals surface area (Å²) in [6, 6.07) is 6.47. The summed E-state index contributed by atoms with van der Waals surface area (Å²) >= 11 is 11.9. The van der Waals surface area contributed by atoms with Crippen LogP contribution < -0.4 is 5.32 Å². The summed E-state index contributed by atoms with van der Waals surface area (Å²) in [6.45, 7) is 3.42. The minimum Gasteiger partial charge on any atom is -0.394 e.